The van der Waals surface area contributed by atoms with Crippen molar-refractivity contribution in [1.82, 2.24) is 29.4 Å². The maximum Gasteiger partial charge on any atom is 0.273 e. The van der Waals surface area contributed by atoms with Gasteiger partial charge in [0.1, 0.15) is 10.6 Å². The lowest BCUT2D eigenvalue weighted by Crippen LogP contribution is -2.39. The van der Waals surface area contributed by atoms with Crippen molar-refractivity contribution in [2.75, 3.05) is 32.0 Å². The van der Waals surface area contributed by atoms with Gasteiger partial charge in [-0.2, -0.15) is 0 Å². The third-order valence-corrected chi connectivity index (χ3v) is 6.01. The fourth-order valence-corrected chi connectivity index (χ4v) is 4.41. The van der Waals surface area contributed by atoms with Gasteiger partial charge in [0.15, 0.2) is 0 Å². The Labute approximate surface area is 167 Å². The molecule has 2 aliphatic rings. The SMILES string of the molecule is CCc1nnsc1C(=O)N1CCc2nc(NC)nc(C(=O)N3CCCC3)c2C1. The Morgan fingerprint density at radius 1 is 1.11 bits per heavy atom. The van der Waals surface area contributed by atoms with Crippen molar-refractivity contribution in [3.05, 3.63) is 27.5 Å². The number of nitrogens with one attached hydrogen (secondary N) is 1. The zero-order valence-electron chi connectivity index (χ0n) is 16.1. The lowest BCUT2D eigenvalue weighted by atomic mass is 10.0. The van der Waals surface area contributed by atoms with E-state index in [0.717, 1.165) is 54.4 Å². The van der Waals surface area contributed by atoms with Crippen molar-refractivity contribution < 1.29 is 9.59 Å². The van der Waals surface area contributed by atoms with E-state index in [9.17, 15) is 9.59 Å². The Morgan fingerprint density at radius 2 is 1.89 bits per heavy atom. The number of amides is 2. The van der Waals surface area contributed by atoms with Crippen molar-refractivity contribution in [3.63, 3.8) is 0 Å². The molecule has 1 saturated heterocycles. The molecule has 0 radical (unpaired) electrons. The molecule has 2 aromatic heterocycles. The molecule has 2 aliphatic heterocycles. The van der Waals surface area contributed by atoms with Crippen LogP contribution in [0.4, 0.5) is 5.95 Å². The van der Waals surface area contributed by atoms with E-state index in [2.05, 4.69) is 24.9 Å². The lowest BCUT2D eigenvalue weighted by molar-refractivity contribution is 0.0722. The summed E-state index contributed by atoms with van der Waals surface area (Å²) in [6.45, 7) is 4.33. The smallest absolute Gasteiger partial charge is 0.273 e. The second kappa shape index (κ2) is 7.78. The topological polar surface area (TPSA) is 104 Å². The number of anilines is 1. The van der Waals surface area contributed by atoms with Crippen LogP contribution in [0.25, 0.3) is 0 Å². The van der Waals surface area contributed by atoms with Gasteiger partial charge in [-0.3, -0.25) is 9.59 Å². The highest BCUT2D eigenvalue weighted by Gasteiger charge is 2.32. The predicted molar refractivity (Wildman–Crippen MR) is 104 cm³/mol. The van der Waals surface area contributed by atoms with Gasteiger partial charge in [0, 0.05) is 38.7 Å². The first-order chi connectivity index (χ1) is 13.6. The second-order valence-electron chi connectivity index (χ2n) is 6.95. The van der Waals surface area contributed by atoms with Crippen LogP contribution >= 0.6 is 11.5 Å². The molecule has 2 amide bonds. The summed E-state index contributed by atoms with van der Waals surface area (Å²) in [5.74, 6) is 0.284. The van der Waals surface area contributed by atoms with Crippen LogP contribution < -0.4 is 5.32 Å². The van der Waals surface area contributed by atoms with Gasteiger partial charge in [-0.1, -0.05) is 11.4 Å². The summed E-state index contributed by atoms with van der Waals surface area (Å²) < 4.78 is 3.92. The van der Waals surface area contributed by atoms with Crippen LogP contribution in [0.3, 0.4) is 0 Å². The van der Waals surface area contributed by atoms with Crippen LogP contribution in [0.15, 0.2) is 0 Å². The minimum atomic E-state index is -0.0882. The summed E-state index contributed by atoms with van der Waals surface area (Å²) in [5, 5.41) is 6.99. The predicted octanol–water partition coefficient (Wildman–Crippen LogP) is 1.37. The average molecular weight is 401 g/mol. The summed E-state index contributed by atoms with van der Waals surface area (Å²) in [6.07, 6.45) is 3.28. The molecule has 148 valence electrons. The number of hydrogen-bond acceptors (Lipinski definition) is 8. The number of hydrogen-bond donors (Lipinski definition) is 1. The molecule has 28 heavy (non-hydrogen) atoms. The van der Waals surface area contributed by atoms with Gasteiger partial charge >= 0.3 is 0 Å². The van der Waals surface area contributed by atoms with Crippen molar-refractivity contribution >= 4 is 29.3 Å². The summed E-state index contributed by atoms with van der Waals surface area (Å²) in [4.78, 5) is 39.3. The maximum absolute atomic E-state index is 13.1. The Morgan fingerprint density at radius 3 is 2.61 bits per heavy atom. The van der Waals surface area contributed by atoms with Crippen molar-refractivity contribution in [1.29, 1.82) is 0 Å². The first kappa shape index (κ1) is 18.7. The third kappa shape index (κ3) is 3.32. The highest BCUT2D eigenvalue weighted by atomic mass is 32.1. The van der Waals surface area contributed by atoms with Crippen LogP contribution in [-0.4, -0.2) is 67.9 Å². The Hall–Kier alpha value is -2.62. The number of carbonyl (C=O) groups is 2. The zero-order valence-corrected chi connectivity index (χ0v) is 16.9. The van der Waals surface area contributed by atoms with E-state index in [4.69, 9.17) is 0 Å². The molecule has 0 bridgehead atoms. The first-order valence-corrected chi connectivity index (χ1v) is 10.4. The minimum Gasteiger partial charge on any atom is -0.357 e. The number of nitrogens with zero attached hydrogens (tertiary/aromatic N) is 6. The summed E-state index contributed by atoms with van der Waals surface area (Å²) in [6, 6.07) is 0. The molecular formula is C18H23N7O2S. The molecule has 10 heteroatoms. The molecule has 0 atom stereocenters. The van der Waals surface area contributed by atoms with E-state index in [1.54, 1.807) is 11.9 Å². The summed E-state index contributed by atoms with van der Waals surface area (Å²) in [7, 11) is 1.74. The third-order valence-electron chi connectivity index (χ3n) is 5.25. The van der Waals surface area contributed by atoms with Crippen molar-refractivity contribution in [2.24, 2.45) is 0 Å². The Bertz CT molecular complexity index is 907. The van der Waals surface area contributed by atoms with Gasteiger partial charge in [-0.25, -0.2) is 9.97 Å². The van der Waals surface area contributed by atoms with Gasteiger partial charge in [0.2, 0.25) is 5.95 Å². The molecular weight excluding hydrogens is 378 g/mol. The fourth-order valence-electron chi connectivity index (χ4n) is 3.69. The van der Waals surface area contributed by atoms with Crippen LogP contribution in [0.2, 0.25) is 0 Å². The maximum atomic E-state index is 13.1. The number of carbonyl (C=O) groups excluding carboxylic acids is 2. The van der Waals surface area contributed by atoms with Gasteiger partial charge in [-0.05, 0) is 30.8 Å². The molecule has 9 nitrogen and oxygen atoms in total. The van der Waals surface area contributed by atoms with E-state index < -0.39 is 0 Å². The quantitative estimate of drug-likeness (QED) is 0.825. The van der Waals surface area contributed by atoms with Crippen LogP contribution in [0, 0.1) is 0 Å². The van der Waals surface area contributed by atoms with Crippen LogP contribution in [-0.2, 0) is 19.4 Å². The van der Waals surface area contributed by atoms with Gasteiger partial charge in [0.25, 0.3) is 11.8 Å². The number of likely N-dealkylation sites (tertiary alicyclic amines) is 1. The largest absolute Gasteiger partial charge is 0.357 e. The normalized spacial score (nSPS) is 16.2. The minimum absolute atomic E-state index is 0.0735. The lowest BCUT2D eigenvalue weighted by Gasteiger charge is -2.30. The second-order valence-corrected chi connectivity index (χ2v) is 7.70. The molecule has 0 unspecified atom stereocenters. The molecule has 4 rings (SSSR count). The fraction of sp³-hybridized carbons (Fsp3) is 0.556. The number of fused-ring (bicyclic) bond motifs is 1. The van der Waals surface area contributed by atoms with Crippen LogP contribution in [0.1, 0.15) is 56.9 Å². The average Bonchev–Trinajstić information content (AvgIpc) is 3.43. The zero-order chi connectivity index (χ0) is 19.7. The van der Waals surface area contributed by atoms with Crippen LogP contribution in [0.5, 0.6) is 0 Å². The standard InChI is InChI=1S/C18H23N7O2S/c1-3-12-15(28-23-22-12)17(27)25-9-6-13-11(10-25)14(21-18(19-2)20-13)16(26)24-7-4-5-8-24/h3-10H2,1-2H3,(H,19,20,21). The van der Waals surface area contributed by atoms with Crippen molar-refractivity contribution in [3.8, 4) is 0 Å². The molecule has 1 N–H and O–H groups in total. The molecule has 4 heterocycles. The van der Waals surface area contributed by atoms with E-state index >= 15 is 0 Å². The molecule has 0 saturated carbocycles. The van der Waals surface area contributed by atoms with Gasteiger partial charge in [-0.15, -0.1) is 5.10 Å². The molecule has 1 fully saturated rings. The van der Waals surface area contributed by atoms with Gasteiger partial charge < -0.3 is 15.1 Å². The molecule has 2 aromatic rings. The summed E-state index contributed by atoms with van der Waals surface area (Å²) in [5.41, 5.74) is 2.72. The van der Waals surface area contributed by atoms with Gasteiger partial charge in [0.05, 0.1) is 17.9 Å². The monoisotopic (exact) mass is 401 g/mol. The van der Waals surface area contributed by atoms with E-state index in [1.807, 2.05) is 11.8 Å². The summed E-state index contributed by atoms with van der Waals surface area (Å²) >= 11 is 1.13. The Kier molecular flexibility index (Phi) is 5.21. The molecule has 0 aliphatic carbocycles. The highest BCUT2D eigenvalue weighted by Crippen LogP contribution is 2.26. The highest BCUT2D eigenvalue weighted by molar-refractivity contribution is 7.08. The number of aryl methyl sites for hydroxylation is 1. The van der Waals surface area contributed by atoms with E-state index in [-0.39, 0.29) is 11.8 Å². The first-order valence-electron chi connectivity index (χ1n) is 9.59. The molecule has 0 aromatic carbocycles. The number of aromatic nitrogens is 4. The molecule has 0 spiro atoms. The van der Waals surface area contributed by atoms with E-state index in [1.165, 1.54) is 0 Å². The number of rotatable bonds is 4. The van der Waals surface area contributed by atoms with E-state index in [0.29, 0.717) is 42.5 Å². The Balaban J connectivity index is 1.66. The van der Waals surface area contributed by atoms with Crippen molar-refractivity contribution in [2.45, 2.75) is 39.2 Å².